The van der Waals surface area contributed by atoms with Gasteiger partial charge in [0.1, 0.15) is 11.5 Å². The van der Waals surface area contributed by atoms with Crippen LogP contribution in [0.5, 0.6) is 11.5 Å². The average molecular weight is 463 g/mol. The van der Waals surface area contributed by atoms with Gasteiger partial charge in [0.25, 0.3) is 0 Å². The Labute approximate surface area is 200 Å². The number of ether oxygens (including phenoxy) is 2. The largest absolute Gasteiger partial charge is 0.494 e. The van der Waals surface area contributed by atoms with Gasteiger partial charge in [-0.25, -0.2) is 5.10 Å². The van der Waals surface area contributed by atoms with Gasteiger partial charge in [0.05, 0.1) is 24.9 Å². The molecule has 0 aliphatic heterocycles. The molecule has 0 aliphatic carbocycles. The van der Waals surface area contributed by atoms with Crippen molar-refractivity contribution in [1.29, 1.82) is 0 Å². The van der Waals surface area contributed by atoms with E-state index in [0.717, 1.165) is 49.3 Å². The standard InChI is InChI=1S/C26H34N6O2/c1-5-8-21-22-17-27-32(18-26(2,3)4)23(22)13-14-24(21)34-16-7-6-15-33-20-11-9-19(10-12-20)25-28-30-31-29-25/h9-14,17H,5-8,15-16,18H2,1-4H3,(H,28,29,30,31). The minimum absolute atomic E-state index is 0.178. The van der Waals surface area contributed by atoms with Gasteiger partial charge in [-0.15, -0.1) is 5.10 Å². The summed E-state index contributed by atoms with van der Waals surface area (Å²) in [7, 11) is 0. The second-order valence-corrected chi connectivity index (χ2v) is 9.77. The summed E-state index contributed by atoms with van der Waals surface area (Å²) < 4.78 is 14.2. The highest BCUT2D eigenvalue weighted by molar-refractivity contribution is 5.84. The molecule has 0 saturated heterocycles. The van der Waals surface area contributed by atoms with Crippen LogP contribution in [0.1, 0.15) is 52.5 Å². The van der Waals surface area contributed by atoms with E-state index in [9.17, 15) is 0 Å². The molecular formula is C26H34N6O2. The van der Waals surface area contributed by atoms with Crippen LogP contribution in [0.25, 0.3) is 22.3 Å². The van der Waals surface area contributed by atoms with E-state index in [1.807, 2.05) is 30.5 Å². The van der Waals surface area contributed by atoms with E-state index in [0.29, 0.717) is 19.0 Å². The van der Waals surface area contributed by atoms with Gasteiger partial charge in [0.15, 0.2) is 5.82 Å². The molecule has 2 aromatic carbocycles. The van der Waals surface area contributed by atoms with Crippen molar-refractivity contribution in [2.45, 2.75) is 59.9 Å². The molecule has 0 saturated carbocycles. The van der Waals surface area contributed by atoms with Crippen LogP contribution in [0.4, 0.5) is 0 Å². The summed E-state index contributed by atoms with van der Waals surface area (Å²) in [6.45, 7) is 11.1. The van der Waals surface area contributed by atoms with Gasteiger partial charge >= 0.3 is 0 Å². The van der Waals surface area contributed by atoms with Gasteiger partial charge in [0, 0.05) is 23.1 Å². The van der Waals surface area contributed by atoms with E-state index in [1.54, 1.807) is 0 Å². The number of fused-ring (bicyclic) bond motifs is 1. The third-order valence-corrected chi connectivity index (χ3v) is 5.56. The summed E-state index contributed by atoms with van der Waals surface area (Å²) in [4.78, 5) is 0. The number of rotatable bonds is 11. The molecule has 180 valence electrons. The number of H-pyrrole nitrogens is 1. The van der Waals surface area contributed by atoms with Crippen molar-refractivity contribution < 1.29 is 9.47 Å². The summed E-state index contributed by atoms with van der Waals surface area (Å²) in [5.41, 5.74) is 3.55. The predicted molar refractivity (Wildman–Crippen MR) is 133 cm³/mol. The van der Waals surface area contributed by atoms with Crippen molar-refractivity contribution >= 4 is 10.9 Å². The minimum atomic E-state index is 0.178. The van der Waals surface area contributed by atoms with E-state index in [4.69, 9.17) is 9.47 Å². The first kappa shape index (κ1) is 23.7. The Morgan fingerprint density at radius 2 is 1.74 bits per heavy atom. The Morgan fingerprint density at radius 3 is 2.41 bits per heavy atom. The molecule has 8 nitrogen and oxygen atoms in total. The van der Waals surface area contributed by atoms with Gasteiger partial charge < -0.3 is 9.47 Å². The van der Waals surface area contributed by atoms with Gasteiger partial charge in [-0.05, 0) is 71.5 Å². The van der Waals surface area contributed by atoms with Gasteiger partial charge in [-0.1, -0.05) is 34.1 Å². The van der Waals surface area contributed by atoms with Crippen LogP contribution in [-0.4, -0.2) is 43.6 Å². The highest BCUT2D eigenvalue weighted by Gasteiger charge is 2.17. The SMILES string of the molecule is CCCc1c(OCCCCOc2ccc(-c3nnn[nH]3)cc2)ccc2c1cnn2CC(C)(C)C. The summed E-state index contributed by atoms with van der Waals surface area (Å²) in [5, 5.41) is 19.7. The van der Waals surface area contributed by atoms with Gasteiger partial charge in [0.2, 0.25) is 0 Å². The summed E-state index contributed by atoms with van der Waals surface area (Å²) in [6, 6.07) is 12.0. The molecular weight excluding hydrogens is 428 g/mol. The Morgan fingerprint density at radius 1 is 0.971 bits per heavy atom. The molecule has 0 amide bonds. The Kier molecular flexibility index (Phi) is 7.45. The maximum absolute atomic E-state index is 6.20. The highest BCUT2D eigenvalue weighted by Crippen LogP contribution is 2.31. The minimum Gasteiger partial charge on any atom is -0.494 e. The van der Waals surface area contributed by atoms with Crippen LogP contribution in [0, 0.1) is 5.41 Å². The molecule has 2 heterocycles. The van der Waals surface area contributed by atoms with E-state index >= 15 is 0 Å². The molecule has 4 aromatic rings. The lowest BCUT2D eigenvalue weighted by molar-refractivity contribution is 0.265. The fraction of sp³-hybridized carbons (Fsp3) is 0.462. The third kappa shape index (κ3) is 5.92. The number of hydrogen-bond donors (Lipinski definition) is 1. The molecule has 34 heavy (non-hydrogen) atoms. The van der Waals surface area contributed by atoms with Crippen molar-refractivity contribution in [2.24, 2.45) is 5.41 Å². The fourth-order valence-electron chi connectivity index (χ4n) is 3.98. The molecule has 0 atom stereocenters. The summed E-state index contributed by atoms with van der Waals surface area (Å²) in [6.07, 6.45) is 5.89. The Balaban J connectivity index is 1.28. The normalized spacial score (nSPS) is 11.8. The van der Waals surface area contributed by atoms with E-state index in [-0.39, 0.29) is 5.41 Å². The molecule has 4 rings (SSSR count). The average Bonchev–Trinajstić information content (AvgIpc) is 3.48. The lowest BCUT2D eigenvalue weighted by atomic mass is 9.97. The predicted octanol–water partition coefficient (Wildman–Crippen LogP) is 5.45. The van der Waals surface area contributed by atoms with Crippen LogP contribution >= 0.6 is 0 Å². The molecule has 2 aromatic heterocycles. The first-order valence-corrected chi connectivity index (χ1v) is 12.0. The molecule has 0 fully saturated rings. The highest BCUT2D eigenvalue weighted by atomic mass is 16.5. The van der Waals surface area contributed by atoms with Crippen LogP contribution in [0.2, 0.25) is 0 Å². The van der Waals surface area contributed by atoms with Crippen molar-refractivity contribution in [3.05, 3.63) is 48.2 Å². The maximum Gasteiger partial charge on any atom is 0.179 e. The van der Waals surface area contributed by atoms with E-state index < -0.39 is 0 Å². The number of benzene rings is 2. The first-order chi connectivity index (χ1) is 16.4. The topological polar surface area (TPSA) is 90.7 Å². The zero-order valence-electron chi connectivity index (χ0n) is 20.5. The van der Waals surface area contributed by atoms with Crippen molar-refractivity contribution in [3.63, 3.8) is 0 Å². The van der Waals surface area contributed by atoms with Crippen LogP contribution in [-0.2, 0) is 13.0 Å². The zero-order valence-corrected chi connectivity index (χ0v) is 20.5. The van der Waals surface area contributed by atoms with Crippen molar-refractivity contribution in [1.82, 2.24) is 30.4 Å². The second kappa shape index (κ2) is 10.7. The number of hydrogen-bond acceptors (Lipinski definition) is 6. The number of tetrazole rings is 1. The van der Waals surface area contributed by atoms with Crippen molar-refractivity contribution in [3.8, 4) is 22.9 Å². The van der Waals surface area contributed by atoms with E-state index in [1.165, 1.54) is 16.5 Å². The Hall–Kier alpha value is -3.42. The van der Waals surface area contributed by atoms with Crippen LogP contribution in [0.15, 0.2) is 42.6 Å². The molecule has 0 unspecified atom stereocenters. The van der Waals surface area contributed by atoms with Crippen molar-refractivity contribution in [2.75, 3.05) is 13.2 Å². The number of aromatic nitrogens is 6. The molecule has 0 radical (unpaired) electrons. The molecule has 0 aliphatic rings. The van der Waals surface area contributed by atoms with Crippen LogP contribution in [0.3, 0.4) is 0 Å². The lowest BCUT2D eigenvalue weighted by Crippen LogP contribution is -2.16. The number of aromatic amines is 1. The summed E-state index contributed by atoms with van der Waals surface area (Å²) in [5.74, 6) is 2.45. The van der Waals surface area contributed by atoms with Crippen LogP contribution < -0.4 is 9.47 Å². The number of nitrogens with zero attached hydrogens (tertiary/aromatic N) is 5. The quantitative estimate of drug-likeness (QED) is 0.298. The Bertz CT molecular complexity index is 1180. The summed E-state index contributed by atoms with van der Waals surface area (Å²) >= 11 is 0. The fourth-order valence-corrected chi connectivity index (χ4v) is 3.98. The molecule has 1 N–H and O–H groups in total. The molecule has 0 spiro atoms. The van der Waals surface area contributed by atoms with E-state index in [2.05, 4.69) is 70.2 Å². The number of nitrogens with one attached hydrogen (secondary N) is 1. The first-order valence-electron chi connectivity index (χ1n) is 12.0. The molecule has 8 heteroatoms. The monoisotopic (exact) mass is 462 g/mol. The lowest BCUT2D eigenvalue weighted by Gasteiger charge is -2.19. The number of aryl methyl sites for hydroxylation is 1. The van der Waals surface area contributed by atoms with Gasteiger partial charge in [-0.3, -0.25) is 4.68 Å². The number of unbranched alkanes of at least 4 members (excludes halogenated alkanes) is 1. The van der Waals surface area contributed by atoms with Gasteiger partial charge in [-0.2, -0.15) is 5.10 Å². The maximum atomic E-state index is 6.20. The smallest absolute Gasteiger partial charge is 0.179 e. The third-order valence-electron chi connectivity index (χ3n) is 5.56. The zero-order chi connectivity index (χ0) is 24.0. The molecule has 0 bridgehead atoms. The second-order valence-electron chi connectivity index (χ2n) is 9.77.